The lowest BCUT2D eigenvalue weighted by molar-refractivity contribution is -0.146. The molecule has 0 bridgehead atoms. The molecule has 0 spiro atoms. The van der Waals surface area contributed by atoms with Crippen LogP contribution >= 0.6 is 0 Å². The molecule has 1 aromatic carbocycles. The van der Waals surface area contributed by atoms with Crippen LogP contribution in [0.1, 0.15) is 19.4 Å². The molecule has 0 atom stereocenters. The van der Waals surface area contributed by atoms with E-state index in [0.717, 1.165) is 5.56 Å². The van der Waals surface area contributed by atoms with Crippen molar-refractivity contribution >= 4 is 17.8 Å². The zero-order chi connectivity index (χ0) is 15.9. The zero-order valence-corrected chi connectivity index (χ0v) is 12.2. The van der Waals surface area contributed by atoms with Gasteiger partial charge in [-0.2, -0.15) is 0 Å². The van der Waals surface area contributed by atoms with Gasteiger partial charge in [0.25, 0.3) is 0 Å². The van der Waals surface area contributed by atoms with Gasteiger partial charge in [0, 0.05) is 6.54 Å². The molecular weight excluding hydrogens is 272 g/mol. The van der Waals surface area contributed by atoms with E-state index in [1.54, 1.807) is 0 Å². The molecule has 0 unspecified atom stereocenters. The summed E-state index contributed by atoms with van der Waals surface area (Å²) in [6, 6.07) is 9.19. The van der Waals surface area contributed by atoms with E-state index in [1.807, 2.05) is 30.3 Å². The lowest BCUT2D eigenvalue weighted by Crippen LogP contribution is -2.43. The lowest BCUT2D eigenvalue weighted by atomic mass is 9.94. The third-order valence-electron chi connectivity index (χ3n) is 2.96. The smallest absolute Gasteiger partial charge is 0.310 e. The highest BCUT2D eigenvalue weighted by Gasteiger charge is 2.27. The Morgan fingerprint density at radius 1 is 1.05 bits per heavy atom. The first kappa shape index (κ1) is 16.7. The van der Waals surface area contributed by atoms with Gasteiger partial charge in [0.2, 0.25) is 11.8 Å². The van der Waals surface area contributed by atoms with Crippen molar-refractivity contribution in [3.05, 3.63) is 35.9 Å². The van der Waals surface area contributed by atoms with Crippen LogP contribution in [0.3, 0.4) is 0 Å². The fourth-order valence-electron chi connectivity index (χ4n) is 1.48. The molecule has 0 aliphatic heterocycles. The standard InChI is InChI=1S/C15H20N2O4/c1-15(2,14(20)21)10-17-13(19)9-16-12(18)8-11-6-4-3-5-7-11/h3-7H,8-10H2,1-2H3,(H,16,18)(H,17,19)(H,20,21). The molecule has 0 saturated heterocycles. The third kappa shape index (κ3) is 6.07. The Hall–Kier alpha value is -2.37. The van der Waals surface area contributed by atoms with Gasteiger partial charge in [0.15, 0.2) is 0 Å². The van der Waals surface area contributed by atoms with Gasteiger partial charge in [-0.05, 0) is 19.4 Å². The predicted octanol–water partition coefficient (Wildman–Crippen LogP) is 0.572. The maximum absolute atomic E-state index is 11.6. The Kier molecular flexibility index (Phi) is 5.90. The average Bonchev–Trinajstić information content (AvgIpc) is 2.44. The van der Waals surface area contributed by atoms with Crippen molar-refractivity contribution in [1.82, 2.24) is 10.6 Å². The number of aliphatic carboxylic acids is 1. The summed E-state index contributed by atoms with van der Waals surface area (Å²) in [5.41, 5.74) is -0.175. The number of carboxylic acid groups (broad SMARTS) is 1. The van der Waals surface area contributed by atoms with Crippen LogP contribution in [0.25, 0.3) is 0 Å². The first-order valence-corrected chi connectivity index (χ1v) is 6.62. The molecule has 0 fully saturated rings. The fourth-order valence-corrected chi connectivity index (χ4v) is 1.48. The van der Waals surface area contributed by atoms with Crippen molar-refractivity contribution in [3.8, 4) is 0 Å². The number of nitrogens with one attached hydrogen (secondary N) is 2. The highest BCUT2D eigenvalue weighted by atomic mass is 16.4. The molecule has 1 aromatic rings. The maximum Gasteiger partial charge on any atom is 0.310 e. The van der Waals surface area contributed by atoms with Gasteiger partial charge < -0.3 is 15.7 Å². The first-order chi connectivity index (χ1) is 9.81. The summed E-state index contributed by atoms with van der Waals surface area (Å²) < 4.78 is 0. The van der Waals surface area contributed by atoms with Crippen LogP contribution in [-0.2, 0) is 20.8 Å². The summed E-state index contributed by atoms with van der Waals surface area (Å²) in [5.74, 6) is -1.66. The van der Waals surface area contributed by atoms with Crippen LogP contribution in [0.4, 0.5) is 0 Å². The second-order valence-electron chi connectivity index (χ2n) is 5.40. The van der Waals surface area contributed by atoms with Crippen LogP contribution in [0.15, 0.2) is 30.3 Å². The Bertz CT molecular complexity index is 512. The molecule has 2 amide bonds. The zero-order valence-electron chi connectivity index (χ0n) is 12.2. The second-order valence-corrected chi connectivity index (χ2v) is 5.40. The van der Waals surface area contributed by atoms with Crippen LogP contribution in [-0.4, -0.2) is 36.0 Å². The minimum Gasteiger partial charge on any atom is -0.481 e. The van der Waals surface area contributed by atoms with Crippen molar-refractivity contribution in [3.63, 3.8) is 0 Å². The Labute approximate surface area is 123 Å². The topological polar surface area (TPSA) is 95.5 Å². The number of hydrogen-bond acceptors (Lipinski definition) is 3. The van der Waals surface area contributed by atoms with E-state index >= 15 is 0 Å². The highest BCUT2D eigenvalue weighted by Crippen LogP contribution is 2.12. The largest absolute Gasteiger partial charge is 0.481 e. The lowest BCUT2D eigenvalue weighted by Gasteiger charge is -2.19. The molecule has 6 nitrogen and oxygen atoms in total. The van der Waals surface area contributed by atoms with Crippen LogP contribution in [0.5, 0.6) is 0 Å². The molecule has 0 radical (unpaired) electrons. The summed E-state index contributed by atoms with van der Waals surface area (Å²) in [5, 5.41) is 13.9. The quantitative estimate of drug-likeness (QED) is 0.684. The van der Waals surface area contributed by atoms with Gasteiger partial charge in [-0.1, -0.05) is 30.3 Å². The Morgan fingerprint density at radius 2 is 1.67 bits per heavy atom. The molecule has 0 heterocycles. The third-order valence-corrected chi connectivity index (χ3v) is 2.96. The molecule has 0 saturated carbocycles. The van der Waals surface area contributed by atoms with Gasteiger partial charge in [-0.15, -0.1) is 0 Å². The molecule has 3 N–H and O–H groups in total. The molecule has 0 aromatic heterocycles. The van der Waals surface area contributed by atoms with Crippen molar-refractivity contribution < 1.29 is 19.5 Å². The Balaban J connectivity index is 2.30. The van der Waals surface area contributed by atoms with Crippen LogP contribution in [0, 0.1) is 5.41 Å². The summed E-state index contributed by atoms with van der Waals surface area (Å²) >= 11 is 0. The maximum atomic E-state index is 11.6. The number of carboxylic acids is 1. The number of carbonyl (C=O) groups is 3. The van der Waals surface area contributed by atoms with E-state index in [-0.39, 0.29) is 25.4 Å². The minimum absolute atomic E-state index is 0.00965. The van der Waals surface area contributed by atoms with E-state index in [1.165, 1.54) is 13.8 Å². The van der Waals surface area contributed by atoms with Crippen molar-refractivity contribution in [2.75, 3.05) is 13.1 Å². The van der Waals surface area contributed by atoms with Crippen molar-refractivity contribution in [2.24, 2.45) is 5.41 Å². The van der Waals surface area contributed by atoms with E-state index < -0.39 is 17.3 Å². The summed E-state index contributed by atoms with van der Waals surface area (Å²) in [6.07, 6.45) is 0.203. The van der Waals surface area contributed by atoms with Crippen molar-refractivity contribution in [1.29, 1.82) is 0 Å². The van der Waals surface area contributed by atoms with Gasteiger partial charge in [-0.3, -0.25) is 14.4 Å². The van der Waals surface area contributed by atoms with E-state index in [4.69, 9.17) is 5.11 Å². The second kappa shape index (κ2) is 7.42. The van der Waals surface area contributed by atoms with Gasteiger partial charge >= 0.3 is 5.97 Å². The monoisotopic (exact) mass is 292 g/mol. The molecule has 114 valence electrons. The minimum atomic E-state index is -1.04. The van der Waals surface area contributed by atoms with Crippen LogP contribution in [0.2, 0.25) is 0 Å². The molecule has 0 aliphatic rings. The fraction of sp³-hybridized carbons (Fsp3) is 0.400. The molecule has 1 rings (SSSR count). The molecular formula is C15H20N2O4. The number of benzene rings is 1. The molecule has 0 aliphatic carbocycles. The highest BCUT2D eigenvalue weighted by molar-refractivity contribution is 5.86. The van der Waals surface area contributed by atoms with Gasteiger partial charge in [-0.25, -0.2) is 0 Å². The Morgan fingerprint density at radius 3 is 2.24 bits per heavy atom. The summed E-state index contributed by atoms with van der Waals surface area (Å²) in [7, 11) is 0. The number of hydrogen-bond donors (Lipinski definition) is 3. The number of amides is 2. The van der Waals surface area contributed by atoms with Crippen molar-refractivity contribution in [2.45, 2.75) is 20.3 Å². The van der Waals surface area contributed by atoms with E-state index in [2.05, 4.69) is 10.6 Å². The van der Waals surface area contributed by atoms with Crippen LogP contribution < -0.4 is 10.6 Å². The average molecular weight is 292 g/mol. The normalized spacial score (nSPS) is 10.8. The number of rotatable bonds is 7. The van der Waals surface area contributed by atoms with E-state index in [9.17, 15) is 14.4 Å². The first-order valence-electron chi connectivity index (χ1n) is 6.62. The molecule has 6 heteroatoms. The molecule has 21 heavy (non-hydrogen) atoms. The van der Waals surface area contributed by atoms with Gasteiger partial charge in [0.05, 0.1) is 18.4 Å². The summed E-state index contributed by atoms with van der Waals surface area (Å²) in [6.45, 7) is 2.88. The SMILES string of the molecule is CC(C)(CNC(=O)CNC(=O)Cc1ccccc1)C(=O)O. The summed E-state index contributed by atoms with van der Waals surface area (Å²) in [4.78, 5) is 34.1. The van der Waals surface area contributed by atoms with E-state index in [0.29, 0.717) is 0 Å². The predicted molar refractivity (Wildman–Crippen MR) is 77.6 cm³/mol. The number of carbonyl (C=O) groups excluding carboxylic acids is 2. The van der Waals surface area contributed by atoms with Gasteiger partial charge in [0.1, 0.15) is 0 Å².